The highest BCUT2D eigenvalue weighted by molar-refractivity contribution is 5.78. The van der Waals surface area contributed by atoms with E-state index in [-0.39, 0.29) is 18.1 Å². The molecule has 7 heteroatoms. The molecule has 2 saturated heterocycles. The Morgan fingerprint density at radius 1 is 1.13 bits per heavy atom. The highest BCUT2D eigenvalue weighted by Gasteiger charge is 2.43. The minimum atomic E-state index is -0.361. The van der Waals surface area contributed by atoms with E-state index < -0.39 is 0 Å². The number of hydrogen-bond acceptors (Lipinski definition) is 5. The third-order valence-electron chi connectivity index (χ3n) is 7.47. The number of carbonyl (C=O) groups excluding carboxylic acids is 1. The maximum absolute atomic E-state index is 13.0. The van der Waals surface area contributed by atoms with Crippen LogP contribution >= 0.6 is 0 Å². The zero-order valence-corrected chi connectivity index (χ0v) is 18.3. The molecule has 166 valence electrons. The average molecular weight is 424 g/mol. The minimum absolute atomic E-state index is 0.0773. The Labute approximate surface area is 184 Å². The number of carbonyl (C=O) groups is 1. The Morgan fingerprint density at radius 2 is 1.90 bits per heavy atom. The number of piperazine rings is 1. The fourth-order valence-corrected chi connectivity index (χ4v) is 5.68. The van der Waals surface area contributed by atoms with E-state index in [1.807, 2.05) is 15.7 Å². The molecule has 1 aliphatic carbocycles. The molecule has 1 saturated carbocycles. The van der Waals surface area contributed by atoms with Gasteiger partial charge in [-0.1, -0.05) is 12.1 Å². The van der Waals surface area contributed by atoms with Crippen LogP contribution in [0.1, 0.15) is 24.4 Å². The number of rotatable bonds is 4. The lowest BCUT2D eigenvalue weighted by Crippen LogP contribution is -2.50. The normalized spacial score (nSPS) is 29.2. The largest absolute Gasteiger partial charge is 0.391 e. The first-order chi connectivity index (χ1) is 15.1. The first-order valence-corrected chi connectivity index (χ1v) is 11.5. The van der Waals surface area contributed by atoms with Gasteiger partial charge in [0.2, 0.25) is 5.91 Å². The molecule has 31 heavy (non-hydrogen) atoms. The van der Waals surface area contributed by atoms with Crippen molar-refractivity contribution in [2.24, 2.45) is 11.8 Å². The van der Waals surface area contributed by atoms with Crippen molar-refractivity contribution in [2.75, 3.05) is 50.7 Å². The highest BCUT2D eigenvalue weighted by Crippen LogP contribution is 2.41. The van der Waals surface area contributed by atoms with Gasteiger partial charge in [0.25, 0.3) is 0 Å². The summed E-state index contributed by atoms with van der Waals surface area (Å²) in [5.41, 5.74) is 2.56. The molecule has 1 aromatic heterocycles. The van der Waals surface area contributed by atoms with Gasteiger partial charge in [0.1, 0.15) is 0 Å². The van der Waals surface area contributed by atoms with Crippen LogP contribution in [0.25, 0.3) is 0 Å². The Bertz CT molecular complexity index is 893. The molecule has 3 heterocycles. The van der Waals surface area contributed by atoms with Crippen LogP contribution in [0.15, 0.2) is 43.0 Å². The summed E-state index contributed by atoms with van der Waals surface area (Å²) in [6.45, 7) is 8.01. The number of benzene rings is 1. The molecule has 0 spiro atoms. The van der Waals surface area contributed by atoms with Crippen LogP contribution in [0, 0.1) is 18.8 Å². The van der Waals surface area contributed by atoms with Crippen molar-refractivity contribution < 1.29 is 9.90 Å². The summed E-state index contributed by atoms with van der Waals surface area (Å²) in [7, 11) is 0. The first-order valence-electron chi connectivity index (χ1n) is 11.5. The van der Waals surface area contributed by atoms with Gasteiger partial charge in [-0.3, -0.25) is 9.69 Å². The van der Waals surface area contributed by atoms with E-state index in [1.54, 1.807) is 12.5 Å². The number of anilines is 1. The molecule has 1 N–H and O–H groups in total. The van der Waals surface area contributed by atoms with Crippen LogP contribution in [0.3, 0.4) is 0 Å². The number of amides is 1. The quantitative estimate of drug-likeness (QED) is 0.812. The zero-order valence-electron chi connectivity index (χ0n) is 18.3. The number of aliphatic hydroxyl groups is 1. The van der Waals surface area contributed by atoms with E-state index in [4.69, 9.17) is 0 Å². The van der Waals surface area contributed by atoms with Crippen LogP contribution < -0.4 is 4.90 Å². The number of nitrogens with zero attached hydrogens (tertiary/aromatic N) is 5. The predicted molar refractivity (Wildman–Crippen MR) is 120 cm³/mol. The molecule has 0 radical (unpaired) electrons. The summed E-state index contributed by atoms with van der Waals surface area (Å²) < 4.78 is 2.03. The number of aryl methyl sites for hydroxylation is 1. The van der Waals surface area contributed by atoms with E-state index >= 15 is 0 Å². The Morgan fingerprint density at radius 3 is 2.61 bits per heavy atom. The molecule has 4 atom stereocenters. The lowest BCUT2D eigenvalue weighted by Gasteiger charge is -2.36. The second-order valence-electron chi connectivity index (χ2n) is 9.54. The zero-order chi connectivity index (χ0) is 21.4. The van der Waals surface area contributed by atoms with Gasteiger partial charge in [-0.2, -0.15) is 0 Å². The Balaban J connectivity index is 1.13. The van der Waals surface area contributed by atoms with Crippen molar-refractivity contribution in [3.05, 3.63) is 48.5 Å². The van der Waals surface area contributed by atoms with Crippen LogP contribution in [-0.2, 0) is 4.79 Å². The molecule has 3 fully saturated rings. The Kier molecular flexibility index (Phi) is 5.71. The molecule has 0 unspecified atom stereocenters. The maximum atomic E-state index is 13.0. The van der Waals surface area contributed by atoms with Crippen molar-refractivity contribution >= 4 is 11.6 Å². The third kappa shape index (κ3) is 4.34. The standard InChI is InChI=1S/C24H33N5O2/c1-18-3-2-4-21(11-18)27-9-7-26(8-10-27)16-24(31)29-14-19-12-22(28-6-5-25-17-28)23(30)13-20(19)15-29/h2-6,11,17,19-20,22-23,30H,7-10,12-16H2,1H3/t19-,20+,22-,23-/m1/s1. The number of aliphatic hydroxyl groups excluding tert-OH is 1. The summed E-state index contributed by atoms with van der Waals surface area (Å²) >= 11 is 0. The van der Waals surface area contributed by atoms with Gasteiger partial charge in [0.15, 0.2) is 0 Å². The van der Waals surface area contributed by atoms with E-state index in [1.165, 1.54) is 11.3 Å². The van der Waals surface area contributed by atoms with Gasteiger partial charge in [0, 0.05) is 57.3 Å². The van der Waals surface area contributed by atoms with Crippen molar-refractivity contribution in [1.29, 1.82) is 0 Å². The van der Waals surface area contributed by atoms with Crippen LogP contribution in [-0.4, -0.2) is 82.3 Å². The second-order valence-corrected chi connectivity index (χ2v) is 9.54. The smallest absolute Gasteiger partial charge is 0.236 e. The van der Waals surface area contributed by atoms with E-state index in [0.29, 0.717) is 18.4 Å². The molecular weight excluding hydrogens is 390 g/mol. The van der Waals surface area contributed by atoms with Crippen molar-refractivity contribution in [2.45, 2.75) is 31.9 Å². The molecule has 2 aliphatic heterocycles. The number of hydrogen-bond donors (Lipinski definition) is 1. The van der Waals surface area contributed by atoms with Crippen molar-refractivity contribution in [3.63, 3.8) is 0 Å². The van der Waals surface area contributed by atoms with E-state index in [0.717, 1.165) is 52.1 Å². The summed E-state index contributed by atoms with van der Waals surface area (Å²) in [6.07, 6.45) is 6.82. The monoisotopic (exact) mass is 423 g/mol. The second kappa shape index (κ2) is 8.63. The SMILES string of the molecule is Cc1cccc(N2CCN(CC(=O)N3C[C@H]4C[C@@H](n5ccnc5)[C@H](O)C[C@H]4C3)CC2)c1. The number of imidazole rings is 1. The molecule has 1 amide bonds. The van der Waals surface area contributed by atoms with Crippen LogP contribution in [0.4, 0.5) is 5.69 Å². The number of aromatic nitrogens is 2. The summed E-state index contributed by atoms with van der Waals surface area (Å²) in [6, 6.07) is 8.72. The lowest BCUT2D eigenvalue weighted by atomic mass is 9.77. The molecule has 5 rings (SSSR count). The van der Waals surface area contributed by atoms with Gasteiger partial charge in [0.05, 0.1) is 25.0 Å². The van der Waals surface area contributed by atoms with Crippen LogP contribution in [0.5, 0.6) is 0 Å². The molecule has 2 aromatic rings. The van der Waals surface area contributed by atoms with Crippen molar-refractivity contribution in [1.82, 2.24) is 19.4 Å². The van der Waals surface area contributed by atoms with Gasteiger partial charge in [-0.05, 0) is 49.3 Å². The summed E-state index contributed by atoms with van der Waals surface area (Å²) in [4.78, 5) is 23.9. The summed E-state index contributed by atoms with van der Waals surface area (Å²) in [5, 5.41) is 10.6. The fourth-order valence-electron chi connectivity index (χ4n) is 5.68. The lowest BCUT2D eigenvalue weighted by molar-refractivity contribution is -0.131. The van der Waals surface area contributed by atoms with Gasteiger partial charge in [-0.25, -0.2) is 4.98 Å². The van der Waals surface area contributed by atoms with E-state index in [2.05, 4.69) is 46.0 Å². The molecule has 3 aliphatic rings. The van der Waals surface area contributed by atoms with E-state index in [9.17, 15) is 9.90 Å². The van der Waals surface area contributed by atoms with Crippen LogP contribution in [0.2, 0.25) is 0 Å². The maximum Gasteiger partial charge on any atom is 0.236 e. The molecular formula is C24H33N5O2. The van der Waals surface area contributed by atoms with Crippen molar-refractivity contribution in [3.8, 4) is 0 Å². The third-order valence-corrected chi connectivity index (χ3v) is 7.47. The number of likely N-dealkylation sites (tertiary alicyclic amines) is 1. The highest BCUT2D eigenvalue weighted by atomic mass is 16.3. The predicted octanol–water partition coefficient (Wildman–Crippen LogP) is 1.78. The van der Waals surface area contributed by atoms with Gasteiger partial charge >= 0.3 is 0 Å². The molecule has 7 nitrogen and oxygen atoms in total. The fraction of sp³-hybridized carbons (Fsp3) is 0.583. The number of fused-ring (bicyclic) bond motifs is 1. The first kappa shape index (κ1) is 20.5. The topological polar surface area (TPSA) is 64.8 Å². The Hall–Kier alpha value is -2.38. The van der Waals surface area contributed by atoms with Gasteiger partial charge in [-0.15, -0.1) is 0 Å². The summed E-state index contributed by atoms with van der Waals surface area (Å²) in [5.74, 6) is 1.13. The molecule has 0 bridgehead atoms. The van der Waals surface area contributed by atoms with Gasteiger partial charge < -0.3 is 19.5 Å². The average Bonchev–Trinajstić information content (AvgIpc) is 3.43. The molecule has 1 aromatic carbocycles. The minimum Gasteiger partial charge on any atom is -0.391 e.